The SMILES string of the molecule is CCNC(=O)C1(NC(=O)Cc2ccc(OC)c(F)c2)CCCCC1. The molecule has 5 nitrogen and oxygen atoms in total. The van der Waals surface area contributed by atoms with E-state index in [-0.39, 0.29) is 24.0 Å². The summed E-state index contributed by atoms with van der Waals surface area (Å²) in [6.07, 6.45) is 4.20. The number of methoxy groups -OCH3 is 1. The molecule has 0 aromatic heterocycles. The largest absolute Gasteiger partial charge is 0.494 e. The van der Waals surface area contributed by atoms with E-state index in [4.69, 9.17) is 4.74 Å². The van der Waals surface area contributed by atoms with E-state index in [1.165, 1.54) is 19.2 Å². The fourth-order valence-electron chi connectivity index (χ4n) is 3.21. The highest BCUT2D eigenvalue weighted by atomic mass is 19.1. The van der Waals surface area contributed by atoms with Crippen LogP contribution in [0.15, 0.2) is 18.2 Å². The number of carbonyl (C=O) groups excluding carboxylic acids is 2. The van der Waals surface area contributed by atoms with Gasteiger partial charge in [-0.2, -0.15) is 0 Å². The summed E-state index contributed by atoms with van der Waals surface area (Å²) in [5, 5.41) is 5.73. The van der Waals surface area contributed by atoms with Crippen molar-refractivity contribution in [2.24, 2.45) is 0 Å². The van der Waals surface area contributed by atoms with Gasteiger partial charge in [-0.3, -0.25) is 9.59 Å². The number of rotatable bonds is 6. The minimum atomic E-state index is -0.837. The Morgan fingerprint density at radius 3 is 2.54 bits per heavy atom. The second kappa shape index (κ2) is 8.13. The lowest BCUT2D eigenvalue weighted by Crippen LogP contribution is -2.60. The normalized spacial score (nSPS) is 16.3. The molecular formula is C18H25FN2O3. The Balaban J connectivity index is 2.07. The Morgan fingerprint density at radius 2 is 1.96 bits per heavy atom. The molecule has 1 aliphatic carbocycles. The maximum atomic E-state index is 13.7. The maximum Gasteiger partial charge on any atom is 0.245 e. The topological polar surface area (TPSA) is 67.4 Å². The Bertz CT molecular complexity index is 598. The molecule has 0 spiro atoms. The zero-order valence-electron chi connectivity index (χ0n) is 14.3. The fourth-order valence-corrected chi connectivity index (χ4v) is 3.21. The molecule has 0 saturated heterocycles. The molecule has 0 radical (unpaired) electrons. The average Bonchev–Trinajstić information content (AvgIpc) is 2.56. The molecular weight excluding hydrogens is 311 g/mol. The third-order valence-electron chi connectivity index (χ3n) is 4.44. The number of nitrogens with one attached hydrogen (secondary N) is 2. The summed E-state index contributed by atoms with van der Waals surface area (Å²) in [5.74, 6) is -0.754. The third kappa shape index (κ3) is 4.24. The summed E-state index contributed by atoms with van der Waals surface area (Å²) in [5.41, 5.74) is -0.288. The van der Waals surface area contributed by atoms with E-state index in [9.17, 15) is 14.0 Å². The summed E-state index contributed by atoms with van der Waals surface area (Å²) in [4.78, 5) is 24.9. The molecule has 1 fully saturated rings. The van der Waals surface area contributed by atoms with Crippen molar-refractivity contribution in [3.05, 3.63) is 29.6 Å². The smallest absolute Gasteiger partial charge is 0.245 e. The molecule has 1 saturated carbocycles. The first-order chi connectivity index (χ1) is 11.5. The van der Waals surface area contributed by atoms with Gasteiger partial charge in [0.2, 0.25) is 11.8 Å². The van der Waals surface area contributed by atoms with Gasteiger partial charge in [0.15, 0.2) is 11.6 Å². The summed E-state index contributed by atoms with van der Waals surface area (Å²) in [6, 6.07) is 4.44. The van der Waals surface area contributed by atoms with Crippen LogP contribution in [0.3, 0.4) is 0 Å². The summed E-state index contributed by atoms with van der Waals surface area (Å²) in [7, 11) is 1.39. The van der Waals surface area contributed by atoms with Gasteiger partial charge in [0.25, 0.3) is 0 Å². The first kappa shape index (κ1) is 18.2. The number of benzene rings is 1. The zero-order chi connectivity index (χ0) is 17.6. The molecule has 0 heterocycles. The number of likely N-dealkylation sites (N-methyl/N-ethyl adjacent to an activating group) is 1. The molecule has 0 atom stereocenters. The minimum absolute atomic E-state index is 0.0298. The lowest BCUT2D eigenvalue weighted by atomic mass is 9.80. The van der Waals surface area contributed by atoms with Crippen molar-refractivity contribution in [1.82, 2.24) is 10.6 Å². The molecule has 0 unspecified atom stereocenters. The van der Waals surface area contributed by atoms with Crippen molar-refractivity contribution in [2.45, 2.75) is 51.0 Å². The van der Waals surface area contributed by atoms with E-state index in [1.807, 2.05) is 6.92 Å². The quantitative estimate of drug-likeness (QED) is 0.838. The molecule has 0 aliphatic heterocycles. The molecule has 1 aromatic rings. The van der Waals surface area contributed by atoms with E-state index in [0.29, 0.717) is 24.9 Å². The van der Waals surface area contributed by atoms with Gasteiger partial charge in [-0.1, -0.05) is 25.3 Å². The van der Waals surface area contributed by atoms with Crippen LogP contribution in [0, 0.1) is 5.82 Å². The highest BCUT2D eigenvalue weighted by Crippen LogP contribution is 2.29. The number of carbonyl (C=O) groups is 2. The maximum absolute atomic E-state index is 13.7. The molecule has 2 amide bonds. The fraction of sp³-hybridized carbons (Fsp3) is 0.556. The average molecular weight is 336 g/mol. The predicted molar refractivity (Wildman–Crippen MR) is 89.3 cm³/mol. The van der Waals surface area contributed by atoms with E-state index in [0.717, 1.165) is 19.3 Å². The summed E-state index contributed by atoms with van der Waals surface area (Å²) < 4.78 is 18.6. The Hall–Kier alpha value is -2.11. The molecule has 2 rings (SSSR count). The van der Waals surface area contributed by atoms with Gasteiger partial charge in [-0.05, 0) is 37.5 Å². The lowest BCUT2D eigenvalue weighted by molar-refractivity contribution is -0.134. The van der Waals surface area contributed by atoms with Crippen LogP contribution in [0.1, 0.15) is 44.6 Å². The van der Waals surface area contributed by atoms with Crippen LogP contribution in [0.4, 0.5) is 4.39 Å². The second-order valence-corrected chi connectivity index (χ2v) is 6.20. The van der Waals surface area contributed by atoms with Crippen LogP contribution in [0.2, 0.25) is 0 Å². The molecule has 1 aromatic carbocycles. The van der Waals surface area contributed by atoms with Crippen molar-refractivity contribution < 1.29 is 18.7 Å². The van der Waals surface area contributed by atoms with Crippen molar-refractivity contribution in [3.63, 3.8) is 0 Å². The number of halogens is 1. The number of amides is 2. The van der Waals surface area contributed by atoms with Crippen LogP contribution in [0.5, 0.6) is 5.75 Å². The standard InChI is InChI=1S/C18H25FN2O3/c1-3-20-17(23)18(9-5-4-6-10-18)21-16(22)12-13-7-8-15(24-2)14(19)11-13/h7-8,11H,3-6,9-10,12H2,1-2H3,(H,20,23)(H,21,22). The highest BCUT2D eigenvalue weighted by Gasteiger charge is 2.40. The number of ether oxygens (including phenoxy) is 1. The van der Waals surface area contributed by atoms with Crippen molar-refractivity contribution in [1.29, 1.82) is 0 Å². The van der Waals surface area contributed by atoms with E-state index in [2.05, 4.69) is 10.6 Å². The van der Waals surface area contributed by atoms with Crippen molar-refractivity contribution in [2.75, 3.05) is 13.7 Å². The van der Waals surface area contributed by atoms with Gasteiger partial charge in [-0.25, -0.2) is 4.39 Å². The van der Waals surface area contributed by atoms with Gasteiger partial charge in [0.1, 0.15) is 5.54 Å². The highest BCUT2D eigenvalue weighted by molar-refractivity contribution is 5.92. The van der Waals surface area contributed by atoms with Gasteiger partial charge in [0.05, 0.1) is 13.5 Å². The zero-order valence-corrected chi connectivity index (χ0v) is 14.3. The first-order valence-electron chi connectivity index (χ1n) is 8.42. The molecule has 0 bridgehead atoms. The van der Waals surface area contributed by atoms with Crippen LogP contribution in [0.25, 0.3) is 0 Å². The minimum Gasteiger partial charge on any atom is -0.494 e. The first-order valence-corrected chi connectivity index (χ1v) is 8.42. The third-order valence-corrected chi connectivity index (χ3v) is 4.44. The Labute approximate surface area is 142 Å². The van der Waals surface area contributed by atoms with E-state index < -0.39 is 11.4 Å². The van der Waals surface area contributed by atoms with Gasteiger partial charge >= 0.3 is 0 Å². The Kier molecular flexibility index (Phi) is 6.17. The number of hydrogen-bond acceptors (Lipinski definition) is 3. The van der Waals surface area contributed by atoms with Gasteiger partial charge < -0.3 is 15.4 Å². The van der Waals surface area contributed by atoms with E-state index in [1.54, 1.807) is 6.07 Å². The predicted octanol–water partition coefficient (Wildman–Crippen LogP) is 2.33. The molecule has 1 aliphatic rings. The van der Waals surface area contributed by atoms with Crippen LogP contribution >= 0.6 is 0 Å². The van der Waals surface area contributed by atoms with Crippen LogP contribution in [-0.2, 0) is 16.0 Å². The molecule has 2 N–H and O–H groups in total. The molecule has 132 valence electrons. The number of hydrogen-bond donors (Lipinski definition) is 2. The lowest BCUT2D eigenvalue weighted by Gasteiger charge is -2.36. The van der Waals surface area contributed by atoms with E-state index >= 15 is 0 Å². The summed E-state index contributed by atoms with van der Waals surface area (Å²) >= 11 is 0. The van der Waals surface area contributed by atoms with Gasteiger partial charge in [0, 0.05) is 6.54 Å². The Morgan fingerprint density at radius 1 is 1.25 bits per heavy atom. The van der Waals surface area contributed by atoms with Crippen molar-refractivity contribution in [3.8, 4) is 5.75 Å². The van der Waals surface area contributed by atoms with Crippen LogP contribution < -0.4 is 15.4 Å². The second-order valence-electron chi connectivity index (χ2n) is 6.20. The monoisotopic (exact) mass is 336 g/mol. The molecule has 6 heteroatoms. The summed E-state index contributed by atoms with van der Waals surface area (Å²) in [6.45, 7) is 2.39. The molecule has 24 heavy (non-hydrogen) atoms. The van der Waals surface area contributed by atoms with Gasteiger partial charge in [-0.15, -0.1) is 0 Å². The van der Waals surface area contributed by atoms with Crippen molar-refractivity contribution >= 4 is 11.8 Å². The van der Waals surface area contributed by atoms with Crippen LogP contribution in [-0.4, -0.2) is 31.0 Å².